The minimum Gasteiger partial charge on any atom is -0.493 e. The van der Waals surface area contributed by atoms with Gasteiger partial charge in [-0.15, -0.1) is 0 Å². The zero-order valence-electron chi connectivity index (χ0n) is 13.9. The van der Waals surface area contributed by atoms with Crippen LogP contribution in [-0.2, 0) is 6.54 Å². The average Bonchev–Trinajstić information content (AvgIpc) is 2.87. The molecule has 0 spiro atoms. The van der Waals surface area contributed by atoms with Crippen molar-refractivity contribution >= 4 is 5.78 Å². The molecule has 0 radical (unpaired) electrons. The molecule has 0 aliphatic rings. The highest BCUT2D eigenvalue weighted by Gasteiger charge is 2.18. The van der Waals surface area contributed by atoms with Gasteiger partial charge in [0.25, 0.3) is 0 Å². The lowest BCUT2D eigenvalue weighted by molar-refractivity contribution is 0.0964. The highest BCUT2D eigenvalue weighted by molar-refractivity contribution is 5.96. The molecule has 1 rings (SSSR count). The fourth-order valence-corrected chi connectivity index (χ4v) is 2.27. The number of methoxy groups -OCH3 is 1. The van der Waals surface area contributed by atoms with Gasteiger partial charge in [-0.2, -0.15) is 5.10 Å². The zero-order valence-corrected chi connectivity index (χ0v) is 13.9. The summed E-state index contributed by atoms with van der Waals surface area (Å²) < 4.78 is 7.05. The molecular formula is C16H29N3O2. The lowest BCUT2D eigenvalue weighted by atomic mass is 10.1. The van der Waals surface area contributed by atoms with Crippen molar-refractivity contribution in [3.05, 3.63) is 11.9 Å². The van der Waals surface area contributed by atoms with Gasteiger partial charge in [-0.1, -0.05) is 32.6 Å². The summed E-state index contributed by atoms with van der Waals surface area (Å²) in [4.78, 5) is 14.5. The van der Waals surface area contributed by atoms with Crippen LogP contribution < -0.4 is 4.74 Å². The summed E-state index contributed by atoms with van der Waals surface area (Å²) in [7, 11) is 5.61. The number of ketones is 1. The first-order chi connectivity index (χ1) is 10.1. The normalized spacial score (nSPS) is 11.1. The lowest BCUT2D eigenvalue weighted by Crippen LogP contribution is -2.21. The molecule has 0 saturated heterocycles. The van der Waals surface area contributed by atoms with Gasteiger partial charge in [-0.25, -0.2) is 0 Å². The van der Waals surface area contributed by atoms with Crippen LogP contribution in [0.5, 0.6) is 5.75 Å². The summed E-state index contributed by atoms with van der Waals surface area (Å²) in [6, 6.07) is 0. The highest BCUT2D eigenvalue weighted by Crippen LogP contribution is 2.20. The van der Waals surface area contributed by atoms with E-state index in [-0.39, 0.29) is 5.78 Å². The molecule has 0 amide bonds. The Labute approximate surface area is 128 Å². The largest absolute Gasteiger partial charge is 0.493 e. The smallest absolute Gasteiger partial charge is 0.184 e. The lowest BCUT2D eigenvalue weighted by Gasteiger charge is -2.12. The second-order valence-corrected chi connectivity index (χ2v) is 5.68. The minimum atomic E-state index is 0.139. The van der Waals surface area contributed by atoms with Crippen molar-refractivity contribution in [3.8, 4) is 5.75 Å². The van der Waals surface area contributed by atoms with E-state index in [0.717, 1.165) is 19.4 Å². The number of ether oxygens (including phenoxy) is 1. The summed E-state index contributed by atoms with van der Waals surface area (Å²) in [5.41, 5.74) is 0.620. The van der Waals surface area contributed by atoms with E-state index >= 15 is 0 Å². The molecule has 1 aromatic rings. The Morgan fingerprint density at radius 3 is 2.62 bits per heavy atom. The number of likely N-dealkylation sites (N-methyl/N-ethyl adjacent to an activating group) is 1. The molecular weight excluding hydrogens is 266 g/mol. The third-order valence-corrected chi connectivity index (χ3v) is 3.56. The Morgan fingerprint density at radius 2 is 2.00 bits per heavy atom. The quantitative estimate of drug-likeness (QED) is 0.465. The van der Waals surface area contributed by atoms with Crippen LogP contribution >= 0.6 is 0 Å². The van der Waals surface area contributed by atoms with Gasteiger partial charge in [0.2, 0.25) is 0 Å². The third kappa shape index (κ3) is 5.87. The van der Waals surface area contributed by atoms with Crippen LogP contribution in [-0.4, -0.2) is 48.2 Å². The van der Waals surface area contributed by atoms with E-state index < -0.39 is 0 Å². The predicted octanol–water partition coefficient (Wildman–Crippen LogP) is 3.00. The number of carbonyl (C=O) groups excluding carboxylic acids is 1. The fourth-order valence-electron chi connectivity index (χ4n) is 2.27. The van der Waals surface area contributed by atoms with Crippen LogP contribution in [0.15, 0.2) is 6.20 Å². The molecule has 1 heterocycles. The average molecular weight is 295 g/mol. The van der Waals surface area contributed by atoms with Crippen LogP contribution in [0.1, 0.15) is 55.9 Å². The van der Waals surface area contributed by atoms with E-state index in [0.29, 0.717) is 24.4 Å². The van der Waals surface area contributed by atoms with Crippen molar-refractivity contribution in [3.63, 3.8) is 0 Å². The monoisotopic (exact) mass is 295 g/mol. The number of unbranched alkanes of at least 4 members (excludes halogenated alkanes) is 4. The van der Waals surface area contributed by atoms with Gasteiger partial charge in [-0.05, 0) is 20.5 Å². The molecule has 21 heavy (non-hydrogen) atoms. The van der Waals surface area contributed by atoms with Crippen LogP contribution in [0, 0.1) is 0 Å². The summed E-state index contributed by atoms with van der Waals surface area (Å²) in [5.74, 6) is 0.729. The molecule has 0 saturated carbocycles. The molecule has 0 aromatic carbocycles. The predicted molar refractivity (Wildman–Crippen MR) is 85.0 cm³/mol. The number of aromatic nitrogens is 2. The second-order valence-electron chi connectivity index (χ2n) is 5.68. The first kappa shape index (κ1) is 17.7. The molecule has 0 bridgehead atoms. The molecule has 5 nitrogen and oxygen atoms in total. The molecule has 5 heteroatoms. The Bertz CT molecular complexity index is 427. The van der Waals surface area contributed by atoms with Crippen molar-refractivity contribution in [2.45, 2.75) is 52.0 Å². The number of rotatable bonds is 11. The number of nitrogens with zero attached hydrogens (tertiary/aromatic N) is 3. The van der Waals surface area contributed by atoms with E-state index in [1.807, 2.05) is 14.1 Å². The number of hydrogen-bond acceptors (Lipinski definition) is 4. The molecule has 0 unspecified atom stereocenters. The first-order valence-corrected chi connectivity index (χ1v) is 7.87. The van der Waals surface area contributed by atoms with Gasteiger partial charge in [0.15, 0.2) is 11.5 Å². The van der Waals surface area contributed by atoms with Gasteiger partial charge < -0.3 is 9.64 Å². The van der Waals surface area contributed by atoms with Crippen molar-refractivity contribution < 1.29 is 9.53 Å². The maximum atomic E-state index is 12.4. The van der Waals surface area contributed by atoms with E-state index in [1.165, 1.54) is 19.3 Å². The van der Waals surface area contributed by atoms with Gasteiger partial charge in [0.05, 0.1) is 19.9 Å². The van der Waals surface area contributed by atoms with Crippen molar-refractivity contribution in [2.24, 2.45) is 0 Å². The molecule has 0 fully saturated rings. The van der Waals surface area contributed by atoms with Gasteiger partial charge in [0, 0.05) is 13.0 Å². The summed E-state index contributed by atoms with van der Waals surface area (Å²) in [6.45, 7) is 3.74. The number of carbonyl (C=O) groups is 1. The Balaban J connectivity index is 2.61. The number of Topliss-reactive ketones (excluding diaryl/α,β-unsaturated/α-hetero) is 1. The van der Waals surface area contributed by atoms with E-state index in [9.17, 15) is 4.79 Å². The van der Waals surface area contributed by atoms with Crippen LogP contribution in [0.3, 0.4) is 0 Å². The van der Waals surface area contributed by atoms with Crippen molar-refractivity contribution in [1.82, 2.24) is 14.7 Å². The standard InChI is InChI=1S/C16H29N3O2/c1-5-6-7-8-9-10-14(20)16-15(21-4)13-17-19(16)12-11-18(2)3/h13H,5-12H2,1-4H3. The van der Waals surface area contributed by atoms with Crippen LogP contribution in [0.4, 0.5) is 0 Å². The van der Waals surface area contributed by atoms with Gasteiger partial charge in [0.1, 0.15) is 5.69 Å². The van der Waals surface area contributed by atoms with Crippen LogP contribution in [0.2, 0.25) is 0 Å². The molecule has 0 N–H and O–H groups in total. The first-order valence-electron chi connectivity index (χ1n) is 7.87. The van der Waals surface area contributed by atoms with Crippen molar-refractivity contribution in [2.75, 3.05) is 27.7 Å². The Morgan fingerprint density at radius 1 is 1.29 bits per heavy atom. The fraction of sp³-hybridized carbons (Fsp3) is 0.750. The highest BCUT2D eigenvalue weighted by atomic mass is 16.5. The van der Waals surface area contributed by atoms with E-state index in [4.69, 9.17) is 4.74 Å². The van der Waals surface area contributed by atoms with Gasteiger partial charge in [-0.3, -0.25) is 9.48 Å². The number of hydrogen-bond donors (Lipinski definition) is 0. The molecule has 1 aromatic heterocycles. The van der Waals surface area contributed by atoms with Crippen molar-refractivity contribution in [1.29, 1.82) is 0 Å². The molecule has 0 aliphatic carbocycles. The summed E-state index contributed by atoms with van der Waals surface area (Å²) in [6.07, 6.45) is 7.96. The SMILES string of the molecule is CCCCCCCC(=O)c1c(OC)cnn1CCN(C)C. The Hall–Kier alpha value is -1.36. The second kappa shape index (κ2) is 9.55. The maximum Gasteiger partial charge on any atom is 0.184 e. The van der Waals surface area contributed by atoms with Gasteiger partial charge >= 0.3 is 0 Å². The minimum absolute atomic E-state index is 0.139. The zero-order chi connectivity index (χ0) is 15.7. The van der Waals surface area contributed by atoms with E-state index in [2.05, 4.69) is 16.9 Å². The van der Waals surface area contributed by atoms with Crippen LogP contribution in [0.25, 0.3) is 0 Å². The maximum absolute atomic E-state index is 12.4. The summed E-state index contributed by atoms with van der Waals surface area (Å²) in [5, 5.41) is 4.28. The molecule has 0 atom stereocenters. The van der Waals surface area contributed by atoms with E-state index in [1.54, 1.807) is 18.0 Å². The Kier molecular flexibility index (Phi) is 8.05. The molecule has 120 valence electrons. The molecule has 0 aliphatic heterocycles. The summed E-state index contributed by atoms with van der Waals surface area (Å²) >= 11 is 0. The third-order valence-electron chi connectivity index (χ3n) is 3.56. The topological polar surface area (TPSA) is 47.4 Å².